The number of ether oxygens (including phenoxy) is 2. The summed E-state index contributed by atoms with van der Waals surface area (Å²) in [5, 5.41) is 0. The monoisotopic (exact) mass is 325 g/mol. The van der Waals surface area contributed by atoms with E-state index in [1.165, 1.54) is 0 Å². The number of piperidine rings is 1. The van der Waals surface area contributed by atoms with Crippen LogP contribution in [0.25, 0.3) is 0 Å². The third-order valence-corrected chi connectivity index (χ3v) is 4.57. The van der Waals surface area contributed by atoms with Crippen LogP contribution in [0.4, 0.5) is 0 Å². The molecule has 6 heteroatoms. The number of hydrogen-bond donors (Lipinski definition) is 0. The highest BCUT2D eigenvalue weighted by molar-refractivity contribution is 5.91. The van der Waals surface area contributed by atoms with Gasteiger partial charge in [-0.1, -0.05) is 0 Å². The Morgan fingerprint density at radius 2 is 2.04 bits per heavy atom. The fourth-order valence-corrected chi connectivity index (χ4v) is 3.77. The van der Waals surface area contributed by atoms with Gasteiger partial charge in [-0.25, -0.2) is 4.79 Å². The van der Waals surface area contributed by atoms with Crippen LogP contribution in [0.15, 0.2) is 0 Å². The summed E-state index contributed by atoms with van der Waals surface area (Å²) in [5.74, 6) is -0.959. The predicted molar refractivity (Wildman–Crippen MR) is 83.5 cm³/mol. The molecule has 0 N–H and O–H groups in total. The minimum Gasteiger partial charge on any atom is -0.464 e. The molecule has 0 aromatic rings. The molecule has 23 heavy (non-hydrogen) atoms. The average Bonchev–Trinajstić information content (AvgIpc) is 2.87. The molecular weight excluding hydrogens is 298 g/mol. The second-order valence-corrected chi connectivity index (χ2v) is 7.32. The minimum atomic E-state index is -0.984. The van der Waals surface area contributed by atoms with Gasteiger partial charge in [-0.15, -0.1) is 0 Å². The smallest absolute Gasteiger partial charge is 0.332 e. The maximum Gasteiger partial charge on any atom is 0.332 e. The topological polar surface area (TPSA) is 72.9 Å². The molecule has 2 aliphatic rings. The Morgan fingerprint density at radius 1 is 1.35 bits per heavy atom. The van der Waals surface area contributed by atoms with Crippen molar-refractivity contribution >= 4 is 17.8 Å². The van der Waals surface area contributed by atoms with E-state index >= 15 is 0 Å². The van der Waals surface area contributed by atoms with Crippen molar-refractivity contribution in [3.63, 3.8) is 0 Å². The van der Waals surface area contributed by atoms with Gasteiger partial charge in [-0.2, -0.15) is 0 Å². The number of esters is 2. The molecule has 0 aromatic heterocycles. The van der Waals surface area contributed by atoms with E-state index in [1.54, 1.807) is 11.8 Å². The van der Waals surface area contributed by atoms with Gasteiger partial charge in [0.25, 0.3) is 0 Å². The van der Waals surface area contributed by atoms with Crippen LogP contribution in [-0.2, 0) is 23.9 Å². The molecule has 2 rings (SSSR count). The van der Waals surface area contributed by atoms with E-state index < -0.39 is 11.1 Å². The molecule has 2 aliphatic heterocycles. The molecule has 0 aliphatic carbocycles. The third-order valence-electron chi connectivity index (χ3n) is 4.57. The lowest BCUT2D eigenvalue weighted by Gasteiger charge is -2.45. The molecule has 0 bridgehead atoms. The maximum atomic E-state index is 12.7. The van der Waals surface area contributed by atoms with Gasteiger partial charge in [0.05, 0.1) is 13.0 Å². The summed E-state index contributed by atoms with van der Waals surface area (Å²) in [6, 6.07) is 0. The number of hydrogen-bond acceptors (Lipinski definition) is 5. The van der Waals surface area contributed by atoms with Crippen molar-refractivity contribution in [2.24, 2.45) is 5.92 Å². The van der Waals surface area contributed by atoms with Crippen LogP contribution in [0.3, 0.4) is 0 Å². The Labute approximate surface area is 137 Å². The summed E-state index contributed by atoms with van der Waals surface area (Å²) in [7, 11) is 0. The summed E-state index contributed by atoms with van der Waals surface area (Å²) in [6.45, 7) is 8.03. The molecule has 2 atom stereocenters. The van der Waals surface area contributed by atoms with Crippen LogP contribution < -0.4 is 0 Å². The molecule has 0 spiro atoms. The number of carbonyl (C=O) groups is 3. The van der Waals surface area contributed by atoms with Crippen LogP contribution >= 0.6 is 0 Å². The van der Waals surface area contributed by atoms with Crippen LogP contribution in [0, 0.1) is 5.92 Å². The second kappa shape index (κ2) is 6.49. The minimum absolute atomic E-state index is 0.0176. The van der Waals surface area contributed by atoms with Gasteiger partial charge in [0, 0.05) is 18.9 Å². The largest absolute Gasteiger partial charge is 0.464 e. The first-order valence-corrected chi connectivity index (χ1v) is 8.40. The predicted octanol–water partition coefficient (Wildman–Crippen LogP) is 2.05. The quantitative estimate of drug-likeness (QED) is 0.740. The molecule has 0 saturated carbocycles. The SMILES string of the molecule is CCOC(=O)[C@]12CCCN1C(=O)CC[C@H]2CC(=O)OC(C)(C)C. The Hall–Kier alpha value is -1.59. The first-order valence-electron chi connectivity index (χ1n) is 8.40. The highest BCUT2D eigenvalue weighted by Gasteiger charge is 2.58. The maximum absolute atomic E-state index is 12.7. The zero-order valence-corrected chi connectivity index (χ0v) is 14.5. The van der Waals surface area contributed by atoms with Gasteiger partial charge in [0.15, 0.2) is 0 Å². The Morgan fingerprint density at radius 3 is 2.65 bits per heavy atom. The Bertz CT molecular complexity index is 496. The molecule has 0 aromatic carbocycles. The van der Waals surface area contributed by atoms with Crippen molar-refractivity contribution in [2.75, 3.05) is 13.2 Å². The number of fused-ring (bicyclic) bond motifs is 1. The fraction of sp³-hybridized carbons (Fsp3) is 0.824. The molecule has 0 radical (unpaired) electrons. The average molecular weight is 325 g/mol. The van der Waals surface area contributed by atoms with Crippen LogP contribution in [0.2, 0.25) is 0 Å². The summed E-state index contributed by atoms with van der Waals surface area (Å²) in [6.07, 6.45) is 2.35. The summed E-state index contributed by atoms with van der Waals surface area (Å²) < 4.78 is 10.7. The van der Waals surface area contributed by atoms with E-state index in [0.717, 1.165) is 6.42 Å². The molecule has 130 valence electrons. The van der Waals surface area contributed by atoms with Gasteiger partial charge in [0.1, 0.15) is 11.1 Å². The van der Waals surface area contributed by atoms with Gasteiger partial charge in [-0.3, -0.25) is 9.59 Å². The summed E-state index contributed by atoms with van der Waals surface area (Å²) >= 11 is 0. The van der Waals surface area contributed by atoms with Crippen molar-refractivity contribution in [1.29, 1.82) is 0 Å². The first-order chi connectivity index (χ1) is 10.7. The van der Waals surface area contributed by atoms with E-state index in [1.807, 2.05) is 20.8 Å². The fourth-order valence-electron chi connectivity index (χ4n) is 3.77. The van der Waals surface area contributed by atoms with Crippen molar-refractivity contribution in [3.05, 3.63) is 0 Å². The van der Waals surface area contributed by atoms with Gasteiger partial charge < -0.3 is 14.4 Å². The Balaban J connectivity index is 2.24. The first kappa shape index (κ1) is 17.8. The van der Waals surface area contributed by atoms with Gasteiger partial charge in [-0.05, 0) is 47.0 Å². The highest BCUT2D eigenvalue weighted by atomic mass is 16.6. The molecule has 2 fully saturated rings. The lowest BCUT2D eigenvalue weighted by Crippen LogP contribution is -2.61. The third kappa shape index (κ3) is 3.51. The van der Waals surface area contributed by atoms with E-state index in [9.17, 15) is 14.4 Å². The summed E-state index contributed by atoms with van der Waals surface area (Å²) in [4.78, 5) is 38.8. The molecule has 0 unspecified atom stereocenters. The number of nitrogens with zero attached hydrogens (tertiary/aromatic N) is 1. The molecule has 1 amide bonds. The van der Waals surface area contributed by atoms with E-state index in [-0.39, 0.29) is 36.8 Å². The summed E-state index contributed by atoms with van der Waals surface area (Å²) in [5.41, 5.74) is -1.55. The number of rotatable bonds is 4. The van der Waals surface area contributed by atoms with Crippen molar-refractivity contribution in [1.82, 2.24) is 4.90 Å². The van der Waals surface area contributed by atoms with E-state index in [0.29, 0.717) is 25.8 Å². The van der Waals surface area contributed by atoms with Gasteiger partial charge >= 0.3 is 11.9 Å². The van der Waals surface area contributed by atoms with Crippen LogP contribution in [-0.4, -0.2) is 47.0 Å². The van der Waals surface area contributed by atoms with Crippen molar-refractivity contribution < 1.29 is 23.9 Å². The molecular formula is C17H27NO5. The zero-order chi connectivity index (χ0) is 17.3. The number of amides is 1. The van der Waals surface area contributed by atoms with E-state index in [4.69, 9.17) is 9.47 Å². The Kier molecular flexibility index (Phi) is 5.01. The molecule has 2 saturated heterocycles. The molecule has 6 nitrogen and oxygen atoms in total. The highest BCUT2D eigenvalue weighted by Crippen LogP contribution is 2.45. The lowest BCUT2D eigenvalue weighted by molar-refractivity contribution is -0.173. The normalized spacial score (nSPS) is 27.6. The zero-order valence-electron chi connectivity index (χ0n) is 14.5. The van der Waals surface area contributed by atoms with Crippen LogP contribution in [0.1, 0.15) is 59.8 Å². The van der Waals surface area contributed by atoms with Gasteiger partial charge in [0.2, 0.25) is 5.91 Å². The van der Waals surface area contributed by atoms with Crippen molar-refractivity contribution in [3.8, 4) is 0 Å². The molecule has 2 heterocycles. The number of carbonyl (C=O) groups excluding carboxylic acids is 3. The standard InChI is InChI=1S/C17H27NO5/c1-5-22-15(21)17-9-6-10-18(17)13(19)8-7-12(17)11-14(20)23-16(2,3)4/h12H,5-11H2,1-4H3/t12-,17+/m0/s1. The van der Waals surface area contributed by atoms with E-state index in [2.05, 4.69) is 0 Å². The van der Waals surface area contributed by atoms with Crippen LogP contribution in [0.5, 0.6) is 0 Å². The second-order valence-electron chi connectivity index (χ2n) is 7.32. The lowest BCUT2D eigenvalue weighted by atomic mass is 9.74. The van der Waals surface area contributed by atoms with Crippen molar-refractivity contribution in [2.45, 2.75) is 70.9 Å².